The minimum absolute atomic E-state index is 0.467. The number of rotatable bonds is 13. The van der Waals surface area contributed by atoms with Gasteiger partial charge in [-0.25, -0.2) is 9.97 Å². The first-order valence-electron chi connectivity index (χ1n) is 7.27. The zero-order chi connectivity index (χ0) is 15.2. The van der Waals surface area contributed by atoms with Crippen LogP contribution >= 0.6 is 11.8 Å². The molecule has 0 spiro atoms. The van der Waals surface area contributed by atoms with E-state index in [1.165, 1.54) is 0 Å². The average molecular weight is 315 g/mol. The van der Waals surface area contributed by atoms with Gasteiger partial charge in [-0.05, 0) is 6.42 Å². The Labute approximate surface area is 130 Å². The van der Waals surface area contributed by atoms with Gasteiger partial charge in [0.15, 0.2) is 5.82 Å². The lowest BCUT2D eigenvalue weighted by Crippen LogP contribution is -2.10. The van der Waals surface area contributed by atoms with Crippen molar-refractivity contribution in [2.45, 2.75) is 24.8 Å². The number of unbranched alkanes of at least 4 members (excludes halogenated alkanes) is 1. The lowest BCUT2D eigenvalue weighted by atomic mass is 10.4. The van der Waals surface area contributed by atoms with Gasteiger partial charge in [0.25, 0.3) is 0 Å². The van der Waals surface area contributed by atoms with E-state index in [0.717, 1.165) is 30.2 Å². The highest BCUT2D eigenvalue weighted by molar-refractivity contribution is 7.99. The zero-order valence-electron chi connectivity index (χ0n) is 12.6. The van der Waals surface area contributed by atoms with Crippen LogP contribution in [0.1, 0.15) is 19.8 Å². The molecule has 0 aliphatic carbocycles. The highest BCUT2D eigenvalue weighted by atomic mass is 32.2. The predicted molar refractivity (Wildman–Crippen MR) is 84.5 cm³/mol. The van der Waals surface area contributed by atoms with Crippen LogP contribution in [0.25, 0.3) is 0 Å². The van der Waals surface area contributed by atoms with Gasteiger partial charge in [0.1, 0.15) is 5.03 Å². The Balaban J connectivity index is 1.84. The van der Waals surface area contributed by atoms with E-state index in [0.29, 0.717) is 38.9 Å². The van der Waals surface area contributed by atoms with Gasteiger partial charge in [0.2, 0.25) is 0 Å². The van der Waals surface area contributed by atoms with Crippen LogP contribution in [0.3, 0.4) is 0 Å². The molecule has 0 amide bonds. The van der Waals surface area contributed by atoms with E-state index in [1.807, 2.05) is 0 Å². The average Bonchev–Trinajstić information content (AvgIpc) is 2.50. The molecule has 0 aliphatic rings. The summed E-state index contributed by atoms with van der Waals surface area (Å²) in [6, 6.07) is 0. The van der Waals surface area contributed by atoms with Gasteiger partial charge in [-0.15, -0.1) is 11.8 Å². The number of hydrogen-bond donors (Lipinski definition) is 1. The second kappa shape index (κ2) is 12.8. The summed E-state index contributed by atoms with van der Waals surface area (Å²) in [4.78, 5) is 8.12. The molecule has 21 heavy (non-hydrogen) atoms. The Kier molecular flexibility index (Phi) is 11.1. The third-order valence-corrected chi connectivity index (χ3v) is 3.50. The van der Waals surface area contributed by atoms with Crippen molar-refractivity contribution in [1.29, 1.82) is 0 Å². The number of thioether (sulfide) groups is 1. The second-order valence-electron chi connectivity index (χ2n) is 4.29. The molecule has 0 atom stereocenters. The standard InChI is InChI=1S/C14H25N3O3S/c1-2-3-6-18-7-8-19-9-10-20-11-12-21-14-13(15)16-4-5-17-14/h4-5H,2-3,6-12H2,1H3,(H2,15,16). The van der Waals surface area contributed by atoms with Gasteiger partial charge >= 0.3 is 0 Å². The third kappa shape index (κ3) is 9.62. The first kappa shape index (κ1) is 18.2. The largest absolute Gasteiger partial charge is 0.381 e. The Morgan fingerprint density at radius 2 is 1.57 bits per heavy atom. The van der Waals surface area contributed by atoms with E-state index in [1.54, 1.807) is 24.2 Å². The fraction of sp³-hybridized carbons (Fsp3) is 0.714. The molecule has 1 heterocycles. The van der Waals surface area contributed by atoms with Crippen molar-refractivity contribution in [3.05, 3.63) is 12.4 Å². The van der Waals surface area contributed by atoms with E-state index in [-0.39, 0.29) is 0 Å². The van der Waals surface area contributed by atoms with Crippen LogP contribution in [0.15, 0.2) is 17.4 Å². The van der Waals surface area contributed by atoms with Crippen LogP contribution in [0.2, 0.25) is 0 Å². The molecule has 0 unspecified atom stereocenters. The maximum atomic E-state index is 5.69. The summed E-state index contributed by atoms with van der Waals surface area (Å²) in [6.07, 6.45) is 5.49. The topological polar surface area (TPSA) is 79.5 Å². The Morgan fingerprint density at radius 1 is 0.952 bits per heavy atom. The van der Waals surface area contributed by atoms with Crippen LogP contribution in [0, 0.1) is 0 Å². The molecule has 120 valence electrons. The molecule has 2 N–H and O–H groups in total. The molecule has 0 aliphatic heterocycles. The number of aromatic nitrogens is 2. The van der Waals surface area contributed by atoms with Crippen molar-refractivity contribution >= 4 is 17.6 Å². The number of hydrogen-bond acceptors (Lipinski definition) is 7. The van der Waals surface area contributed by atoms with Gasteiger partial charge < -0.3 is 19.9 Å². The molecule has 1 rings (SSSR count). The molecule has 0 radical (unpaired) electrons. The van der Waals surface area contributed by atoms with E-state index in [2.05, 4.69) is 16.9 Å². The normalized spacial score (nSPS) is 10.9. The summed E-state index contributed by atoms with van der Waals surface area (Å²) >= 11 is 1.54. The molecule has 6 nitrogen and oxygen atoms in total. The van der Waals surface area contributed by atoms with Gasteiger partial charge in [-0.2, -0.15) is 0 Å². The Hall–Kier alpha value is -0.890. The smallest absolute Gasteiger partial charge is 0.156 e. The minimum atomic E-state index is 0.467. The molecule has 0 saturated heterocycles. The van der Waals surface area contributed by atoms with E-state index in [9.17, 15) is 0 Å². The summed E-state index contributed by atoms with van der Waals surface area (Å²) < 4.78 is 16.2. The highest BCUT2D eigenvalue weighted by Crippen LogP contribution is 2.18. The fourth-order valence-electron chi connectivity index (χ4n) is 1.43. The molecule has 1 aromatic heterocycles. The summed E-state index contributed by atoms with van der Waals surface area (Å²) in [5.74, 6) is 1.26. The quantitative estimate of drug-likeness (QED) is 0.440. The van der Waals surface area contributed by atoms with E-state index >= 15 is 0 Å². The van der Waals surface area contributed by atoms with Gasteiger partial charge in [0.05, 0.1) is 33.0 Å². The predicted octanol–water partition coefficient (Wildman–Crippen LogP) is 2.00. The number of nitrogen functional groups attached to an aromatic ring is 1. The molecule has 0 saturated carbocycles. The van der Waals surface area contributed by atoms with Crippen LogP contribution in [-0.4, -0.2) is 55.4 Å². The van der Waals surface area contributed by atoms with Crippen molar-refractivity contribution in [2.75, 3.05) is 51.1 Å². The molecule has 0 fully saturated rings. The molecular weight excluding hydrogens is 290 g/mol. The fourth-order valence-corrected chi connectivity index (χ4v) is 2.16. The number of anilines is 1. The van der Waals surface area contributed by atoms with Crippen molar-refractivity contribution in [1.82, 2.24) is 9.97 Å². The summed E-state index contributed by atoms with van der Waals surface area (Å²) in [7, 11) is 0. The highest BCUT2D eigenvalue weighted by Gasteiger charge is 2.01. The van der Waals surface area contributed by atoms with Crippen molar-refractivity contribution < 1.29 is 14.2 Å². The molecule has 7 heteroatoms. The lowest BCUT2D eigenvalue weighted by Gasteiger charge is -2.06. The monoisotopic (exact) mass is 315 g/mol. The zero-order valence-corrected chi connectivity index (χ0v) is 13.4. The summed E-state index contributed by atoms with van der Waals surface area (Å²) in [5, 5.41) is 0.751. The van der Waals surface area contributed by atoms with E-state index in [4.69, 9.17) is 19.9 Å². The van der Waals surface area contributed by atoms with Crippen molar-refractivity contribution in [3.8, 4) is 0 Å². The first-order chi connectivity index (χ1) is 10.3. The number of nitrogens with two attached hydrogens (primary N) is 1. The van der Waals surface area contributed by atoms with Crippen molar-refractivity contribution in [2.24, 2.45) is 0 Å². The van der Waals surface area contributed by atoms with Crippen LogP contribution in [0.5, 0.6) is 0 Å². The first-order valence-corrected chi connectivity index (χ1v) is 8.25. The SMILES string of the molecule is CCCCOCCOCCOCCSc1nccnc1N. The van der Waals surface area contributed by atoms with Crippen LogP contribution in [-0.2, 0) is 14.2 Å². The molecule has 0 aromatic carbocycles. The maximum Gasteiger partial charge on any atom is 0.156 e. The van der Waals surface area contributed by atoms with Gasteiger partial charge in [0, 0.05) is 24.8 Å². The minimum Gasteiger partial charge on any atom is -0.381 e. The van der Waals surface area contributed by atoms with E-state index < -0.39 is 0 Å². The van der Waals surface area contributed by atoms with Gasteiger partial charge in [-0.1, -0.05) is 13.3 Å². The van der Waals surface area contributed by atoms with Crippen LogP contribution < -0.4 is 5.73 Å². The van der Waals surface area contributed by atoms with Gasteiger partial charge in [-0.3, -0.25) is 0 Å². The third-order valence-electron chi connectivity index (χ3n) is 2.54. The molecule has 0 bridgehead atoms. The molecule has 1 aromatic rings. The maximum absolute atomic E-state index is 5.69. The number of nitrogens with zero attached hydrogens (tertiary/aromatic N) is 2. The molecular formula is C14H25N3O3S. The van der Waals surface area contributed by atoms with Crippen molar-refractivity contribution in [3.63, 3.8) is 0 Å². The number of ether oxygens (including phenoxy) is 3. The van der Waals surface area contributed by atoms with Crippen LogP contribution in [0.4, 0.5) is 5.82 Å². The lowest BCUT2D eigenvalue weighted by molar-refractivity contribution is 0.0169. The summed E-state index contributed by atoms with van der Waals surface area (Å²) in [6.45, 7) is 6.06. The Morgan fingerprint density at radius 3 is 2.24 bits per heavy atom. The summed E-state index contributed by atoms with van der Waals surface area (Å²) in [5.41, 5.74) is 5.69. The second-order valence-corrected chi connectivity index (χ2v) is 5.37. The Bertz CT molecular complexity index is 369.